The topological polar surface area (TPSA) is 65.5 Å². The van der Waals surface area contributed by atoms with Gasteiger partial charge in [0.25, 0.3) is 5.91 Å². The van der Waals surface area contributed by atoms with Crippen molar-refractivity contribution in [3.8, 4) is 0 Å². The van der Waals surface area contributed by atoms with E-state index in [1.54, 1.807) is 7.05 Å². The third-order valence-corrected chi connectivity index (χ3v) is 4.06. The lowest BCUT2D eigenvalue weighted by Gasteiger charge is -2.21. The fourth-order valence-corrected chi connectivity index (χ4v) is 2.88. The summed E-state index contributed by atoms with van der Waals surface area (Å²) in [5, 5.41) is 9.79. The Morgan fingerprint density at radius 2 is 1.92 bits per heavy atom. The maximum Gasteiger partial charge on any atom is 0.251 e. The molecule has 0 spiro atoms. The van der Waals surface area contributed by atoms with Crippen LogP contribution in [0.3, 0.4) is 0 Å². The van der Waals surface area contributed by atoms with Crippen molar-refractivity contribution in [1.29, 1.82) is 0 Å². The first-order chi connectivity index (χ1) is 11.4. The smallest absolute Gasteiger partial charge is 0.251 e. The summed E-state index contributed by atoms with van der Waals surface area (Å²) in [5.41, 5.74) is 1.51. The molecule has 1 aliphatic carbocycles. The van der Waals surface area contributed by atoms with Crippen LogP contribution in [0.1, 0.15) is 62.4 Å². The summed E-state index contributed by atoms with van der Waals surface area (Å²) in [6.45, 7) is 6.59. The van der Waals surface area contributed by atoms with Crippen molar-refractivity contribution in [2.45, 2.75) is 64.6 Å². The molecule has 0 saturated heterocycles. The van der Waals surface area contributed by atoms with E-state index < -0.39 is 0 Å². The van der Waals surface area contributed by atoms with E-state index in [-0.39, 0.29) is 35.4 Å². The van der Waals surface area contributed by atoms with Gasteiger partial charge in [-0.15, -0.1) is 24.0 Å². The average Bonchev–Trinajstić information content (AvgIpc) is 3.03. The first-order valence-electron chi connectivity index (χ1n) is 8.76. The summed E-state index contributed by atoms with van der Waals surface area (Å²) in [6, 6.07) is 8.23. The van der Waals surface area contributed by atoms with E-state index in [1.165, 1.54) is 25.7 Å². The van der Waals surface area contributed by atoms with Gasteiger partial charge in [0.05, 0.1) is 0 Å². The zero-order valence-electron chi connectivity index (χ0n) is 15.7. The normalized spacial score (nSPS) is 15.4. The molecule has 1 amide bonds. The lowest BCUT2D eigenvalue weighted by molar-refractivity contribution is 0.0919. The van der Waals surface area contributed by atoms with Gasteiger partial charge in [-0.2, -0.15) is 0 Å². The number of carbonyl (C=O) groups is 1. The standard InChI is InChI=1S/C19H30N4O.HI/c1-19(2,3)23-17(24)15-9-7-8-14(12-15)13-21-18(20-4)22-16-10-5-6-11-16;/h7-9,12,16H,5-6,10-11,13H2,1-4H3,(H,23,24)(H2,20,21,22);1H. The summed E-state index contributed by atoms with van der Waals surface area (Å²) in [4.78, 5) is 16.6. The molecule has 0 aromatic heterocycles. The van der Waals surface area contributed by atoms with Gasteiger partial charge in [-0.25, -0.2) is 0 Å². The Balaban J connectivity index is 0.00000312. The van der Waals surface area contributed by atoms with Crippen LogP contribution in [0.5, 0.6) is 0 Å². The molecule has 1 fully saturated rings. The van der Waals surface area contributed by atoms with Crippen LogP contribution in [0, 0.1) is 0 Å². The maximum absolute atomic E-state index is 12.3. The first kappa shape index (κ1) is 21.7. The number of benzene rings is 1. The Bertz CT molecular complexity index is 589. The Hall–Kier alpha value is -1.31. The monoisotopic (exact) mass is 458 g/mol. The molecule has 25 heavy (non-hydrogen) atoms. The van der Waals surface area contributed by atoms with Crippen molar-refractivity contribution in [1.82, 2.24) is 16.0 Å². The molecule has 2 rings (SSSR count). The molecule has 1 aliphatic rings. The van der Waals surface area contributed by atoms with Gasteiger partial charge in [-0.1, -0.05) is 25.0 Å². The van der Waals surface area contributed by atoms with Gasteiger partial charge >= 0.3 is 0 Å². The molecule has 0 aliphatic heterocycles. The summed E-state index contributed by atoms with van der Waals surface area (Å²) < 4.78 is 0. The van der Waals surface area contributed by atoms with Gasteiger partial charge in [-0.3, -0.25) is 9.79 Å². The van der Waals surface area contributed by atoms with E-state index in [0.717, 1.165) is 11.5 Å². The number of rotatable bonds is 4. The number of nitrogens with zero attached hydrogens (tertiary/aromatic N) is 1. The Labute approximate surface area is 168 Å². The van der Waals surface area contributed by atoms with Crippen LogP contribution in [0.2, 0.25) is 0 Å². The van der Waals surface area contributed by atoms with Gasteiger partial charge in [0, 0.05) is 30.7 Å². The van der Waals surface area contributed by atoms with E-state index in [4.69, 9.17) is 0 Å². The minimum Gasteiger partial charge on any atom is -0.354 e. The third-order valence-electron chi connectivity index (χ3n) is 4.06. The second kappa shape index (κ2) is 9.99. The van der Waals surface area contributed by atoms with Crippen molar-refractivity contribution >= 4 is 35.8 Å². The Morgan fingerprint density at radius 3 is 2.52 bits per heavy atom. The van der Waals surface area contributed by atoms with Crippen LogP contribution < -0.4 is 16.0 Å². The SMILES string of the molecule is CN=C(NCc1cccc(C(=O)NC(C)(C)C)c1)NC1CCCC1.I. The number of halogens is 1. The highest BCUT2D eigenvalue weighted by molar-refractivity contribution is 14.0. The van der Waals surface area contributed by atoms with Gasteiger partial charge in [-0.05, 0) is 51.3 Å². The molecule has 140 valence electrons. The number of aliphatic imine (C=N–C) groups is 1. The fourth-order valence-electron chi connectivity index (χ4n) is 2.88. The minimum atomic E-state index is -0.238. The fraction of sp³-hybridized carbons (Fsp3) is 0.579. The lowest BCUT2D eigenvalue weighted by Crippen LogP contribution is -2.42. The van der Waals surface area contributed by atoms with E-state index in [9.17, 15) is 4.79 Å². The van der Waals surface area contributed by atoms with Crippen LogP contribution in [-0.4, -0.2) is 30.5 Å². The molecule has 3 N–H and O–H groups in total. The highest BCUT2D eigenvalue weighted by Crippen LogP contribution is 2.17. The van der Waals surface area contributed by atoms with E-state index >= 15 is 0 Å². The molecule has 6 heteroatoms. The number of guanidine groups is 1. The van der Waals surface area contributed by atoms with Gasteiger partial charge in [0.2, 0.25) is 0 Å². The van der Waals surface area contributed by atoms with E-state index in [0.29, 0.717) is 18.2 Å². The van der Waals surface area contributed by atoms with Crippen molar-refractivity contribution in [3.05, 3.63) is 35.4 Å². The number of amides is 1. The van der Waals surface area contributed by atoms with Crippen molar-refractivity contribution in [2.24, 2.45) is 4.99 Å². The molecule has 0 radical (unpaired) electrons. The molecule has 1 saturated carbocycles. The highest BCUT2D eigenvalue weighted by atomic mass is 127. The predicted molar refractivity (Wildman–Crippen MR) is 115 cm³/mol. The van der Waals surface area contributed by atoms with Crippen molar-refractivity contribution in [3.63, 3.8) is 0 Å². The molecule has 1 aromatic carbocycles. The second-order valence-corrected chi connectivity index (χ2v) is 7.46. The number of hydrogen-bond donors (Lipinski definition) is 3. The Morgan fingerprint density at radius 1 is 1.24 bits per heavy atom. The molecule has 0 unspecified atom stereocenters. The van der Waals surface area contributed by atoms with Crippen LogP contribution in [0.25, 0.3) is 0 Å². The largest absolute Gasteiger partial charge is 0.354 e. The summed E-state index contributed by atoms with van der Waals surface area (Å²) in [6.07, 6.45) is 5.01. The minimum absolute atomic E-state index is 0. The zero-order chi connectivity index (χ0) is 17.6. The number of nitrogens with one attached hydrogen (secondary N) is 3. The molecule has 0 atom stereocenters. The van der Waals surface area contributed by atoms with Crippen LogP contribution >= 0.6 is 24.0 Å². The lowest BCUT2D eigenvalue weighted by atomic mass is 10.1. The van der Waals surface area contributed by atoms with Gasteiger partial charge < -0.3 is 16.0 Å². The Kier molecular flexibility index (Phi) is 8.68. The molecule has 0 bridgehead atoms. The molecule has 0 heterocycles. The maximum atomic E-state index is 12.3. The molecular formula is C19H31IN4O. The first-order valence-corrected chi connectivity index (χ1v) is 8.76. The second-order valence-electron chi connectivity index (χ2n) is 7.46. The van der Waals surface area contributed by atoms with E-state index in [1.807, 2.05) is 45.0 Å². The van der Waals surface area contributed by atoms with E-state index in [2.05, 4.69) is 20.9 Å². The third kappa shape index (κ3) is 7.63. The summed E-state index contributed by atoms with van der Waals surface area (Å²) >= 11 is 0. The van der Waals surface area contributed by atoms with Crippen molar-refractivity contribution < 1.29 is 4.79 Å². The van der Waals surface area contributed by atoms with Crippen LogP contribution in [-0.2, 0) is 6.54 Å². The van der Waals surface area contributed by atoms with Crippen LogP contribution in [0.4, 0.5) is 0 Å². The van der Waals surface area contributed by atoms with Crippen LogP contribution in [0.15, 0.2) is 29.3 Å². The molecular weight excluding hydrogens is 427 g/mol. The average molecular weight is 458 g/mol. The molecule has 1 aromatic rings. The quantitative estimate of drug-likeness (QED) is 0.368. The highest BCUT2D eigenvalue weighted by Gasteiger charge is 2.17. The summed E-state index contributed by atoms with van der Waals surface area (Å²) in [7, 11) is 1.79. The van der Waals surface area contributed by atoms with Gasteiger partial charge in [0.15, 0.2) is 5.96 Å². The predicted octanol–water partition coefficient (Wildman–Crippen LogP) is 3.44. The number of hydrogen-bond acceptors (Lipinski definition) is 2. The van der Waals surface area contributed by atoms with Gasteiger partial charge in [0.1, 0.15) is 0 Å². The zero-order valence-corrected chi connectivity index (χ0v) is 18.0. The summed E-state index contributed by atoms with van der Waals surface area (Å²) in [5.74, 6) is 0.782. The van der Waals surface area contributed by atoms with Crippen molar-refractivity contribution in [2.75, 3.05) is 7.05 Å². The molecule has 5 nitrogen and oxygen atoms in total. The number of carbonyl (C=O) groups excluding carboxylic acids is 1.